The van der Waals surface area contributed by atoms with Gasteiger partial charge in [0.05, 0.1) is 11.3 Å². The number of amides is 1. The van der Waals surface area contributed by atoms with Gasteiger partial charge in [-0.2, -0.15) is 0 Å². The van der Waals surface area contributed by atoms with Crippen molar-refractivity contribution < 1.29 is 13.2 Å². The van der Waals surface area contributed by atoms with Gasteiger partial charge in [-0.25, -0.2) is 8.42 Å². The Bertz CT molecular complexity index is 1120. The van der Waals surface area contributed by atoms with Crippen LogP contribution in [0.1, 0.15) is 12.5 Å². The van der Waals surface area contributed by atoms with Crippen LogP contribution >= 0.6 is 0 Å². The normalized spacial score (nSPS) is 13.9. The largest absolute Gasteiger partial charge is 0.312 e. The molecular weight excluding hydrogens is 348 g/mol. The zero-order chi connectivity index (χ0) is 18.3. The second-order valence-corrected chi connectivity index (χ2v) is 7.96. The van der Waals surface area contributed by atoms with E-state index in [2.05, 4.69) is 4.72 Å². The van der Waals surface area contributed by atoms with Crippen LogP contribution in [0.3, 0.4) is 0 Å². The van der Waals surface area contributed by atoms with Gasteiger partial charge in [0.25, 0.3) is 10.0 Å². The van der Waals surface area contributed by atoms with Gasteiger partial charge in [-0.05, 0) is 53.6 Å². The molecule has 0 saturated heterocycles. The van der Waals surface area contributed by atoms with Crippen LogP contribution in [0.25, 0.3) is 10.8 Å². The van der Waals surface area contributed by atoms with E-state index in [1.807, 2.05) is 31.2 Å². The summed E-state index contributed by atoms with van der Waals surface area (Å²) in [5.74, 6) is 0.0389. The summed E-state index contributed by atoms with van der Waals surface area (Å²) in [7, 11) is -3.70. The molecule has 0 saturated carbocycles. The minimum absolute atomic E-state index is 0.0389. The Kier molecular flexibility index (Phi) is 3.92. The lowest BCUT2D eigenvalue weighted by molar-refractivity contribution is -0.117. The molecule has 0 aliphatic carbocycles. The van der Waals surface area contributed by atoms with E-state index in [1.54, 1.807) is 41.3 Å². The van der Waals surface area contributed by atoms with Crippen molar-refractivity contribution in [2.75, 3.05) is 16.2 Å². The predicted octanol–water partition coefficient (Wildman–Crippen LogP) is 3.55. The number of sulfonamides is 1. The lowest BCUT2D eigenvalue weighted by atomic mass is 10.1. The average Bonchev–Trinajstić information content (AvgIpc) is 2.95. The Morgan fingerprint density at radius 3 is 2.54 bits per heavy atom. The molecular formula is C20H18N2O3S. The molecule has 26 heavy (non-hydrogen) atoms. The average molecular weight is 366 g/mol. The molecule has 132 valence electrons. The molecule has 1 heterocycles. The highest BCUT2D eigenvalue weighted by Gasteiger charge is 2.26. The smallest absolute Gasteiger partial charge is 0.261 e. The van der Waals surface area contributed by atoms with Crippen LogP contribution in [0.15, 0.2) is 65.6 Å². The molecule has 0 unspecified atom stereocenters. The van der Waals surface area contributed by atoms with E-state index in [-0.39, 0.29) is 10.8 Å². The monoisotopic (exact) mass is 366 g/mol. The van der Waals surface area contributed by atoms with Crippen molar-refractivity contribution in [1.82, 2.24) is 0 Å². The number of anilines is 2. The number of carbonyl (C=O) groups excluding carboxylic acids is 1. The fraction of sp³-hybridized carbons (Fsp3) is 0.150. The van der Waals surface area contributed by atoms with E-state index in [1.165, 1.54) is 0 Å². The van der Waals surface area contributed by atoms with E-state index in [0.29, 0.717) is 18.7 Å². The topological polar surface area (TPSA) is 66.5 Å². The van der Waals surface area contributed by atoms with Gasteiger partial charge in [0.15, 0.2) is 0 Å². The van der Waals surface area contributed by atoms with Crippen LogP contribution in [-0.2, 0) is 21.2 Å². The van der Waals surface area contributed by atoms with Gasteiger partial charge < -0.3 is 4.90 Å². The summed E-state index contributed by atoms with van der Waals surface area (Å²) < 4.78 is 28.1. The molecule has 3 aromatic carbocycles. The van der Waals surface area contributed by atoms with E-state index in [4.69, 9.17) is 0 Å². The highest BCUT2D eigenvalue weighted by molar-refractivity contribution is 7.92. The number of likely N-dealkylation sites (N-methyl/N-ethyl adjacent to an activating group) is 1. The molecule has 3 aromatic rings. The molecule has 1 aliphatic rings. The number of hydrogen-bond acceptors (Lipinski definition) is 3. The number of benzene rings is 3. The standard InChI is InChI=1S/C20H18N2O3S/c1-2-22-19-10-8-17(11-16(19)13-20(22)23)21-26(24,25)18-9-7-14-5-3-4-6-15(14)12-18/h3-12,21H,2,13H2,1H3. The summed E-state index contributed by atoms with van der Waals surface area (Å²) in [6.45, 7) is 2.53. The van der Waals surface area contributed by atoms with Crippen molar-refractivity contribution in [3.8, 4) is 0 Å². The van der Waals surface area contributed by atoms with Crippen LogP contribution in [0.5, 0.6) is 0 Å². The lowest BCUT2D eigenvalue weighted by Gasteiger charge is -2.15. The number of rotatable bonds is 4. The summed E-state index contributed by atoms with van der Waals surface area (Å²) in [6, 6.07) is 17.9. The Morgan fingerprint density at radius 2 is 1.77 bits per heavy atom. The van der Waals surface area contributed by atoms with E-state index in [0.717, 1.165) is 22.0 Å². The first-order valence-corrected chi connectivity index (χ1v) is 9.91. The Hall–Kier alpha value is -2.86. The molecule has 0 bridgehead atoms. The molecule has 0 aromatic heterocycles. The van der Waals surface area contributed by atoms with Gasteiger partial charge in [-0.3, -0.25) is 9.52 Å². The van der Waals surface area contributed by atoms with E-state index < -0.39 is 10.0 Å². The lowest BCUT2D eigenvalue weighted by Crippen LogP contribution is -2.25. The molecule has 0 spiro atoms. The quantitative estimate of drug-likeness (QED) is 0.768. The first-order valence-electron chi connectivity index (χ1n) is 8.43. The third kappa shape index (κ3) is 2.82. The fourth-order valence-corrected chi connectivity index (χ4v) is 4.43. The zero-order valence-electron chi connectivity index (χ0n) is 14.3. The highest BCUT2D eigenvalue weighted by atomic mass is 32.2. The molecule has 1 amide bonds. The van der Waals surface area contributed by atoms with Crippen molar-refractivity contribution in [3.63, 3.8) is 0 Å². The van der Waals surface area contributed by atoms with E-state index in [9.17, 15) is 13.2 Å². The van der Waals surface area contributed by atoms with Crippen molar-refractivity contribution in [3.05, 3.63) is 66.2 Å². The Labute approximate surface area is 152 Å². The molecule has 0 radical (unpaired) electrons. The summed E-state index contributed by atoms with van der Waals surface area (Å²) in [5.41, 5.74) is 2.16. The number of fused-ring (bicyclic) bond motifs is 2. The number of nitrogens with one attached hydrogen (secondary N) is 1. The maximum absolute atomic E-state index is 12.7. The van der Waals surface area contributed by atoms with Gasteiger partial charge >= 0.3 is 0 Å². The number of hydrogen-bond donors (Lipinski definition) is 1. The minimum Gasteiger partial charge on any atom is -0.312 e. The molecule has 1 aliphatic heterocycles. The Morgan fingerprint density at radius 1 is 1.00 bits per heavy atom. The molecule has 5 nitrogen and oxygen atoms in total. The van der Waals surface area contributed by atoms with Crippen LogP contribution in [0.2, 0.25) is 0 Å². The molecule has 0 fully saturated rings. The zero-order valence-corrected chi connectivity index (χ0v) is 15.1. The Balaban J connectivity index is 1.66. The second-order valence-electron chi connectivity index (χ2n) is 6.27. The molecule has 4 rings (SSSR count). The van der Waals surface area contributed by atoms with Gasteiger partial charge in [-0.1, -0.05) is 30.3 Å². The van der Waals surface area contributed by atoms with Gasteiger partial charge in [0, 0.05) is 17.9 Å². The van der Waals surface area contributed by atoms with Gasteiger partial charge in [0.2, 0.25) is 5.91 Å². The summed E-state index contributed by atoms with van der Waals surface area (Å²) in [5, 5.41) is 1.86. The minimum atomic E-state index is -3.70. The predicted molar refractivity (Wildman–Crippen MR) is 103 cm³/mol. The molecule has 6 heteroatoms. The van der Waals surface area contributed by atoms with Gasteiger partial charge in [0.1, 0.15) is 0 Å². The maximum atomic E-state index is 12.7. The molecule has 0 atom stereocenters. The third-order valence-electron chi connectivity index (χ3n) is 4.61. The fourth-order valence-electron chi connectivity index (χ4n) is 3.34. The van der Waals surface area contributed by atoms with Crippen molar-refractivity contribution in [1.29, 1.82) is 0 Å². The van der Waals surface area contributed by atoms with Crippen LogP contribution in [0, 0.1) is 0 Å². The summed E-state index contributed by atoms with van der Waals surface area (Å²) >= 11 is 0. The van der Waals surface area contributed by atoms with Gasteiger partial charge in [-0.15, -0.1) is 0 Å². The van der Waals surface area contributed by atoms with Crippen LogP contribution < -0.4 is 9.62 Å². The molecule has 1 N–H and O–H groups in total. The van der Waals surface area contributed by atoms with Crippen molar-refractivity contribution in [2.24, 2.45) is 0 Å². The summed E-state index contributed by atoms with van der Waals surface area (Å²) in [6.07, 6.45) is 0.300. The number of carbonyl (C=O) groups is 1. The van der Waals surface area contributed by atoms with E-state index >= 15 is 0 Å². The van der Waals surface area contributed by atoms with Crippen molar-refractivity contribution >= 4 is 38.1 Å². The van der Waals surface area contributed by atoms with Crippen molar-refractivity contribution in [2.45, 2.75) is 18.2 Å². The number of nitrogens with zero attached hydrogens (tertiary/aromatic N) is 1. The first-order chi connectivity index (χ1) is 12.5. The summed E-state index contributed by atoms with van der Waals surface area (Å²) in [4.78, 5) is 13.9. The van der Waals surface area contributed by atoms with Crippen LogP contribution in [0.4, 0.5) is 11.4 Å². The third-order valence-corrected chi connectivity index (χ3v) is 5.99. The highest BCUT2D eigenvalue weighted by Crippen LogP contribution is 2.32. The van der Waals surface area contributed by atoms with Crippen LogP contribution in [-0.4, -0.2) is 20.9 Å². The SMILES string of the molecule is CCN1C(=O)Cc2cc(NS(=O)(=O)c3ccc4ccccc4c3)ccc21. The second kappa shape index (κ2) is 6.14. The first kappa shape index (κ1) is 16.6. The maximum Gasteiger partial charge on any atom is 0.261 e.